The monoisotopic (exact) mass is 1540 g/mol. The second-order valence-corrected chi connectivity index (χ2v) is 29.8. The van der Waals surface area contributed by atoms with Crippen LogP contribution >= 0.6 is 39.5 Å². The molecule has 48 nitrogen and oxygen atoms in total. The number of aryl methyl sites for hydroxylation is 2. The van der Waals surface area contributed by atoms with Gasteiger partial charge in [-0.05, 0) is 19.9 Å². The number of aromatic amines is 3. The first-order valence-electron chi connectivity index (χ1n) is 30.2. The van der Waals surface area contributed by atoms with Crippen molar-refractivity contribution >= 4 is 79.5 Å². The molecule has 5 saturated heterocycles. The number of ether oxygens (including phenoxy) is 5. The van der Waals surface area contributed by atoms with E-state index in [1.54, 1.807) is 0 Å². The summed E-state index contributed by atoms with van der Waals surface area (Å²) in [5, 5.41) is 10.8. The number of aliphatic hydroxyl groups excluding tert-OH is 1. The molecule has 7 aromatic rings. The van der Waals surface area contributed by atoms with E-state index < -0.39 is 211 Å². The highest BCUT2D eigenvalue weighted by Crippen LogP contribution is 2.55. The Balaban J connectivity index is 0.735. The second kappa shape index (κ2) is 29.7. The molecule has 102 heavy (non-hydrogen) atoms. The van der Waals surface area contributed by atoms with Gasteiger partial charge in [0.05, 0.1) is 45.2 Å². The van der Waals surface area contributed by atoms with Crippen LogP contribution in [0.25, 0.3) is 22.3 Å². The molecule has 7 aromatic heterocycles. The fourth-order valence-corrected chi connectivity index (χ4v) is 15.8. The normalized spacial score (nSPS) is 29.3. The van der Waals surface area contributed by atoms with Crippen LogP contribution in [-0.2, 0) is 87.2 Å². The zero-order chi connectivity index (χ0) is 73.1. The number of nitrogens with zero attached hydrogens (tertiary/aromatic N) is 11. The molecular formula is C49H63N17O31P5+. The van der Waals surface area contributed by atoms with Crippen molar-refractivity contribution in [2.24, 2.45) is 0 Å². The van der Waals surface area contributed by atoms with Gasteiger partial charge in [-0.25, -0.2) is 52.6 Å². The minimum atomic E-state index is -5.57. The minimum absolute atomic E-state index is 0.0102. The van der Waals surface area contributed by atoms with E-state index in [0.717, 1.165) is 38.7 Å². The molecule has 5 aliphatic heterocycles. The summed E-state index contributed by atoms with van der Waals surface area (Å²) in [7, 11) is -25.0. The van der Waals surface area contributed by atoms with E-state index in [4.69, 9.17) is 81.6 Å². The number of rotatable bonds is 28. The standard InChI is InChI=1S/C49H62N17O31P5/c1-20-10-63(48(72)60-43(20)68)33-5-22(67)27(89-33)13-85-99(76,77)97-26-9-36(65-18-55-38-40(51)53-17-54-41(38)65)93-31(26)16-88-101(80,81)95-24-6-34(62-4-3-32(50)57-47(62)71)91-29(24)14-86-102(82,83)96-25-7-35(64-11-21(2)44(69)61-49(64)73)92-30(25)15-87-100(78,79)94-23-8-37(90-28(23)12-84-98(74)75)66-19-56-39-42(66)58-46(52)59-45(39)70/h3-4,10-11,17-19,22-31,33-37,67H,5-9,12-16H2,1-2H3,(H13-,50,51,52,53,54,57,58,59,60,61,68,69,70,71,72,73,74,75,76,77,78,79,80,81,82,83)/p+1/t22-,23-,24-,25-,26-,27+,28+,29+,30+,31+,33+,34+,35+,36+,37+/m0/s1. The molecule has 0 aromatic carbocycles. The lowest BCUT2D eigenvalue weighted by molar-refractivity contribution is -0.0642. The van der Waals surface area contributed by atoms with Gasteiger partial charge in [-0.15, -0.1) is 9.42 Å². The van der Waals surface area contributed by atoms with Crippen molar-refractivity contribution in [2.45, 2.75) is 138 Å². The Hall–Kier alpha value is -7.24. The van der Waals surface area contributed by atoms with Gasteiger partial charge in [-0.3, -0.25) is 88.4 Å². The quantitative estimate of drug-likeness (QED) is 0.0240. The Labute approximate surface area is 567 Å². The molecule has 53 heteroatoms. The van der Waals surface area contributed by atoms with Gasteiger partial charge in [0, 0.05) is 66.4 Å². The van der Waals surface area contributed by atoms with Crippen LogP contribution in [0.5, 0.6) is 0 Å². The molecule has 0 bridgehead atoms. The number of H-pyrrole nitrogens is 3. The second-order valence-electron chi connectivity index (χ2n) is 23.4. The van der Waals surface area contributed by atoms with Crippen molar-refractivity contribution in [1.29, 1.82) is 0 Å². The van der Waals surface area contributed by atoms with E-state index in [9.17, 15) is 81.2 Å². The number of hydrogen-bond acceptors (Lipinski definition) is 35. The van der Waals surface area contributed by atoms with Crippen molar-refractivity contribution in [1.82, 2.24) is 67.7 Å². The van der Waals surface area contributed by atoms with Gasteiger partial charge >= 0.3 is 56.6 Å². The Bertz CT molecular complexity index is 4910. The number of nitrogens with two attached hydrogens (primary N) is 3. The fourth-order valence-electron chi connectivity index (χ4n) is 11.7. The van der Waals surface area contributed by atoms with Gasteiger partial charge in [0.15, 0.2) is 22.6 Å². The number of nitrogens with one attached hydrogen (secondary N) is 3. The molecule has 0 spiro atoms. The minimum Gasteiger partial charge on any atom is -0.390 e. The summed E-state index contributed by atoms with van der Waals surface area (Å²) in [5.74, 6) is -0.564. The third kappa shape index (κ3) is 16.9. The molecule has 5 unspecified atom stereocenters. The highest BCUT2D eigenvalue weighted by molar-refractivity contribution is 7.48. The lowest BCUT2D eigenvalue weighted by Crippen LogP contribution is -2.33. The van der Waals surface area contributed by atoms with E-state index in [2.05, 4.69) is 44.9 Å². The van der Waals surface area contributed by atoms with Gasteiger partial charge in [0.2, 0.25) is 5.95 Å². The molecule has 554 valence electrons. The summed E-state index contributed by atoms with van der Waals surface area (Å²) < 4.78 is 151. The summed E-state index contributed by atoms with van der Waals surface area (Å²) in [6.45, 7) is -1.93. The number of aromatic nitrogens is 14. The third-order valence-corrected chi connectivity index (χ3v) is 20.9. The number of phosphoric acid groups is 4. The highest BCUT2D eigenvalue weighted by Gasteiger charge is 2.50. The summed E-state index contributed by atoms with van der Waals surface area (Å²) >= 11 is 0. The number of phosphoric ester groups is 4. The van der Waals surface area contributed by atoms with E-state index in [0.29, 0.717) is 0 Å². The smallest absolute Gasteiger partial charge is 0.390 e. The number of imidazole rings is 2. The van der Waals surface area contributed by atoms with E-state index >= 15 is 0 Å². The first-order chi connectivity index (χ1) is 48.1. The number of anilines is 3. The SMILES string of the molecule is Cc1cn([C@H]2C[C@H](OP(=O)(O)OC[C@H]3O[C@@H](n4ccc(N)nc4=O)C[C@@H]3OP(=O)(O)OC[C@H]3O[C@@H](n4cnc5c(N)ncnc54)C[C@@H]3OP(=O)(O)OC[C@H]3O[C@@H](n4cc(C)c(=O)[nH]c4=O)C[C@@H]3O)[C@@H](COP(=O)(O)O[C@H]3C[C@H](n4cnc5c(=O)[nH]c(N)nc54)O[C@@H]3CO[P+](=O)O)O2)c(=O)[nH]c1=O. The van der Waals surface area contributed by atoms with Crippen LogP contribution in [0.4, 0.5) is 17.6 Å². The van der Waals surface area contributed by atoms with E-state index in [1.165, 1.54) is 41.6 Å². The maximum absolute atomic E-state index is 14.2. The first-order valence-corrected chi connectivity index (χ1v) is 37.3. The number of nitrogen functional groups attached to an aromatic ring is 3. The highest BCUT2D eigenvalue weighted by atomic mass is 31.2. The Morgan fingerprint density at radius 3 is 1.41 bits per heavy atom. The summed E-state index contributed by atoms with van der Waals surface area (Å²) in [6.07, 6.45) is -17.4. The third-order valence-electron chi connectivity index (χ3n) is 16.5. The lowest BCUT2D eigenvalue weighted by Gasteiger charge is -2.25. The van der Waals surface area contributed by atoms with E-state index in [1.807, 2.05) is 0 Å². The molecule has 0 amide bonds. The lowest BCUT2D eigenvalue weighted by atomic mass is 10.2. The molecular weight excluding hydrogens is 1480 g/mol. The molecule has 0 radical (unpaired) electrons. The maximum Gasteiger partial charge on any atom is 0.694 e. The van der Waals surface area contributed by atoms with Crippen molar-refractivity contribution in [3.8, 4) is 0 Å². The van der Waals surface area contributed by atoms with Gasteiger partial charge in [-0.1, -0.05) is 0 Å². The molecule has 12 heterocycles. The molecule has 15 N–H and O–H groups in total. The Morgan fingerprint density at radius 1 is 0.529 bits per heavy atom. The van der Waals surface area contributed by atoms with E-state index in [-0.39, 0.29) is 70.3 Å². The maximum atomic E-state index is 14.2. The zero-order valence-electron chi connectivity index (χ0n) is 52.5. The van der Waals surface area contributed by atoms with Crippen LogP contribution in [0.15, 0.2) is 72.4 Å². The molecule has 5 fully saturated rings. The predicted octanol–water partition coefficient (Wildman–Crippen LogP) is -1.85. The largest absolute Gasteiger partial charge is 0.694 e. The van der Waals surface area contributed by atoms with Crippen molar-refractivity contribution in [3.05, 3.63) is 117 Å². The average Bonchev–Trinajstić information content (AvgIpc) is 1.61. The molecule has 20 atom stereocenters. The van der Waals surface area contributed by atoms with Gasteiger partial charge < -0.3 is 65.6 Å². The first kappa shape index (κ1) is 74.5. The number of fused-ring (bicyclic) bond motifs is 2. The Morgan fingerprint density at radius 2 is 0.941 bits per heavy atom. The zero-order valence-corrected chi connectivity index (χ0v) is 57.0. The van der Waals surface area contributed by atoms with Crippen molar-refractivity contribution in [3.63, 3.8) is 0 Å². The average molecular weight is 1540 g/mol. The van der Waals surface area contributed by atoms with Crippen LogP contribution in [-0.4, -0.2) is 191 Å². The summed E-state index contributed by atoms with van der Waals surface area (Å²) in [6, 6.07) is 1.19. The van der Waals surface area contributed by atoms with Gasteiger partial charge in [0.25, 0.3) is 16.7 Å². The van der Waals surface area contributed by atoms with Crippen LogP contribution in [0.1, 0.15) is 74.4 Å². The topological polar surface area (TPSA) is 666 Å². The van der Waals surface area contributed by atoms with Crippen molar-refractivity contribution in [2.75, 3.05) is 50.2 Å². The van der Waals surface area contributed by atoms with Crippen LogP contribution in [0, 0.1) is 13.8 Å². The molecule has 0 aliphatic carbocycles. The molecule has 0 saturated carbocycles. The fraction of sp³-hybridized carbons (Fsp3) is 0.551. The summed E-state index contributed by atoms with van der Waals surface area (Å²) in [5.41, 5.74) is 12.5. The Kier molecular flexibility index (Phi) is 21.7. The van der Waals surface area contributed by atoms with Crippen LogP contribution in [0.2, 0.25) is 0 Å². The number of aliphatic hydroxyl groups is 1. The number of hydrogen-bond donors (Lipinski definition) is 12. The molecule has 12 rings (SSSR count). The summed E-state index contributed by atoms with van der Waals surface area (Å²) in [4.78, 5) is 161. The van der Waals surface area contributed by atoms with Gasteiger partial charge in [0.1, 0.15) is 110 Å². The van der Waals surface area contributed by atoms with Crippen LogP contribution in [0.3, 0.4) is 0 Å². The molecule has 5 aliphatic rings. The van der Waals surface area contributed by atoms with Gasteiger partial charge in [-0.2, -0.15) is 9.97 Å². The predicted molar refractivity (Wildman–Crippen MR) is 334 cm³/mol. The van der Waals surface area contributed by atoms with Crippen LogP contribution < -0.4 is 50.9 Å². The van der Waals surface area contributed by atoms with Crippen molar-refractivity contribution < 1.29 is 117 Å².